The van der Waals surface area contributed by atoms with Crippen LogP contribution in [0.4, 0.5) is 0 Å². The second-order valence-corrected chi connectivity index (χ2v) is 14.4. The van der Waals surface area contributed by atoms with Crippen molar-refractivity contribution in [2.45, 2.75) is 0 Å². The zero-order valence-corrected chi connectivity index (χ0v) is 30.4. The highest BCUT2D eigenvalue weighted by Gasteiger charge is 2.23. The molecule has 12 rings (SSSR count). The minimum Gasteiger partial charge on any atom is -0.456 e. The summed E-state index contributed by atoms with van der Waals surface area (Å²) in [4.78, 5) is 15.6. The van der Waals surface area contributed by atoms with E-state index in [9.17, 15) is 0 Å². The zero-order chi connectivity index (χ0) is 37.5. The van der Waals surface area contributed by atoms with Crippen LogP contribution in [-0.4, -0.2) is 19.5 Å². The number of benzene rings is 8. The van der Waals surface area contributed by atoms with Gasteiger partial charge in [0.25, 0.3) is 0 Å². The van der Waals surface area contributed by atoms with Crippen molar-refractivity contribution in [3.05, 3.63) is 182 Å². The molecular formula is C51H30N4O2. The van der Waals surface area contributed by atoms with E-state index in [1.54, 1.807) is 0 Å². The number of aromatic nitrogens is 4. The van der Waals surface area contributed by atoms with E-state index in [0.717, 1.165) is 99.2 Å². The van der Waals surface area contributed by atoms with Crippen LogP contribution in [0.25, 0.3) is 117 Å². The third-order valence-electron chi connectivity index (χ3n) is 11.1. The summed E-state index contributed by atoms with van der Waals surface area (Å²) in [6.45, 7) is 0. The van der Waals surface area contributed by atoms with Gasteiger partial charge < -0.3 is 13.4 Å². The SMILES string of the molecule is c1ccc(-c2ccc3oc4cccc(-n5c6ccccc6c6cccc(-c7nc(-c8ccccc8)nc(-c8ccc9c(c8)oc8ccccc89)n7)c65)c4c3c2)cc1. The molecule has 0 saturated carbocycles. The van der Waals surface area contributed by atoms with Crippen LogP contribution in [0.2, 0.25) is 0 Å². The molecule has 8 aromatic carbocycles. The predicted octanol–water partition coefficient (Wildman–Crippen LogP) is 13.4. The third-order valence-corrected chi connectivity index (χ3v) is 11.1. The molecule has 0 aliphatic carbocycles. The molecular weight excluding hydrogens is 701 g/mol. The topological polar surface area (TPSA) is 69.9 Å². The van der Waals surface area contributed by atoms with E-state index in [1.807, 2.05) is 60.7 Å². The number of nitrogens with zero attached hydrogens (tertiary/aromatic N) is 4. The van der Waals surface area contributed by atoms with Gasteiger partial charge in [0.15, 0.2) is 17.5 Å². The van der Waals surface area contributed by atoms with Crippen LogP contribution >= 0.6 is 0 Å². The Bertz CT molecular complexity index is 3530. The summed E-state index contributed by atoms with van der Waals surface area (Å²) in [6, 6.07) is 62.7. The first-order valence-electron chi connectivity index (χ1n) is 19.0. The summed E-state index contributed by atoms with van der Waals surface area (Å²) in [6.07, 6.45) is 0. The maximum absolute atomic E-state index is 6.55. The second-order valence-electron chi connectivity index (χ2n) is 14.4. The minimum atomic E-state index is 0.567. The average Bonchev–Trinajstić information content (AvgIpc) is 3.96. The molecule has 6 nitrogen and oxygen atoms in total. The van der Waals surface area contributed by atoms with E-state index in [1.165, 1.54) is 0 Å². The van der Waals surface area contributed by atoms with E-state index >= 15 is 0 Å². The molecule has 0 saturated heterocycles. The van der Waals surface area contributed by atoms with Crippen LogP contribution in [0, 0.1) is 0 Å². The number of fused-ring (bicyclic) bond motifs is 9. The fraction of sp³-hybridized carbons (Fsp3) is 0. The van der Waals surface area contributed by atoms with Crippen LogP contribution in [-0.2, 0) is 0 Å². The van der Waals surface area contributed by atoms with Crippen molar-refractivity contribution in [2.24, 2.45) is 0 Å². The van der Waals surface area contributed by atoms with E-state index in [-0.39, 0.29) is 0 Å². The van der Waals surface area contributed by atoms with Gasteiger partial charge in [-0.15, -0.1) is 0 Å². The lowest BCUT2D eigenvalue weighted by molar-refractivity contribution is 0.668. The Labute approximate surface area is 325 Å². The Morgan fingerprint density at radius 3 is 1.82 bits per heavy atom. The Hall–Kier alpha value is -7.83. The van der Waals surface area contributed by atoms with Gasteiger partial charge in [0.1, 0.15) is 22.3 Å². The van der Waals surface area contributed by atoms with Gasteiger partial charge >= 0.3 is 0 Å². The Morgan fingerprint density at radius 1 is 0.351 bits per heavy atom. The molecule has 0 bridgehead atoms. The van der Waals surface area contributed by atoms with Crippen LogP contribution in [0.1, 0.15) is 0 Å². The fourth-order valence-electron chi connectivity index (χ4n) is 8.46. The van der Waals surface area contributed by atoms with Crippen LogP contribution in [0.5, 0.6) is 0 Å². The standard InChI is InChI=1S/C51H30N4O2/c1-3-13-31(14-4-1)33-26-28-44-40(29-33)47-42(22-12-24-45(47)56-44)55-41-21-9-7-17-35(41)38-19-11-20-39(48(38)55)51-53-49(32-15-5-2-6-16-32)52-50(54-51)34-25-27-37-36-18-8-10-23-43(36)57-46(37)30-34/h1-30H. The van der Waals surface area contributed by atoms with Gasteiger partial charge in [-0.1, -0.05) is 127 Å². The maximum atomic E-state index is 6.55. The van der Waals surface area contributed by atoms with Gasteiger partial charge in [0, 0.05) is 43.6 Å². The fourth-order valence-corrected chi connectivity index (χ4v) is 8.46. The Kier molecular flexibility index (Phi) is 6.83. The van der Waals surface area contributed by atoms with Crippen molar-refractivity contribution >= 4 is 65.7 Å². The lowest BCUT2D eigenvalue weighted by Gasteiger charge is -2.13. The monoisotopic (exact) mass is 730 g/mol. The summed E-state index contributed by atoms with van der Waals surface area (Å²) in [5.74, 6) is 1.74. The smallest absolute Gasteiger partial charge is 0.166 e. The molecule has 0 radical (unpaired) electrons. The lowest BCUT2D eigenvalue weighted by Crippen LogP contribution is -2.02. The second kappa shape index (κ2) is 12.3. The minimum absolute atomic E-state index is 0.567. The normalized spacial score (nSPS) is 11.9. The number of furan rings is 2. The first-order valence-corrected chi connectivity index (χ1v) is 19.0. The summed E-state index contributed by atoms with van der Waals surface area (Å²) in [7, 11) is 0. The molecule has 0 amide bonds. The van der Waals surface area contributed by atoms with Crippen molar-refractivity contribution in [1.29, 1.82) is 0 Å². The van der Waals surface area contributed by atoms with E-state index in [4.69, 9.17) is 23.8 Å². The van der Waals surface area contributed by atoms with Crippen molar-refractivity contribution in [3.8, 4) is 51.0 Å². The molecule has 0 N–H and O–H groups in total. The van der Waals surface area contributed by atoms with Gasteiger partial charge in [-0.3, -0.25) is 0 Å². The summed E-state index contributed by atoms with van der Waals surface area (Å²) in [5, 5.41) is 6.47. The van der Waals surface area contributed by atoms with E-state index < -0.39 is 0 Å². The third kappa shape index (κ3) is 4.94. The highest BCUT2D eigenvalue weighted by atomic mass is 16.3. The van der Waals surface area contributed by atoms with Gasteiger partial charge in [0.2, 0.25) is 0 Å². The predicted molar refractivity (Wildman–Crippen MR) is 230 cm³/mol. The Balaban J connectivity index is 1.14. The summed E-state index contributed by atoms with van der Waals surface area (Å²) >= 11 is 0. The van der Waals surface area contributed by atoms with Crippen molar-refractivity contribution in [2.75, 3.05) is 0 Å². The van der Waals surface area contributed by atoms with Gasteiger partial charge in [-0.25, -0.2) is 15.0 Å². The molecule has 4 aromatic heterocycles. The Morgan fingerprint density at radius 2 is 0.965 bits per heavy atom. The molecule has 4 heterocycles. The molecule has 0 fully saturated rings. The van der Waals surface area contributed by atoms with Crippen molar-refractivity contribution in [3.63, 3.8) is 0 Å². The number of rotatable bonds is 5. The highest BCUT2D eigenvalue weighted by molar-refractivity contribution is 6.17. The van der Waals surface area contributed by atoms with Crippen LogP contribution in [0.3, 0.4) is 0 Å². The molecule has 0 aliphatic rings. The zero-order valence-electron chi connectivity index (χ0n) is 30.4. The van der Waals surface area contributed by atoms with Crippen LogP contribution in [0.15, 0.2) is 191 Å². The van der Waals surface area contributed by atoms with Crippen LogP contribution < -0.4 is 0 Å². The average molecular weight is 731 g/mol. The van der Waals surface area contributed by atoms with Crippen molar-refractivity contribution < 1.29 is 8.83 Å². The van der Waals surface area contributed by atoms with Crippen molar-refractivity contribution in [1.82, 2.24) is 19.5 Å². The number of hydrogen-bond donors (Lipinski definition) is 0. The molecule has 57 heavy (non-hydrogen) atoms. The highest BCUT2D eigenvalue weighted by Crippen LogP contribution is 2.42. The molecule has 12 aromatic rings. The van der Waals surface area contributed by atoms with Gasteiger partial charge in [0.05, 0.1) is 22.1 Å². The quantitative estimate of drug-likeness (QED) is 0.176. The number of para-hydroxylation sites is 3. The first kappa shape index (κ1) is 31.5. The number of hydrogen-bond acceptors (Lipinski definition) is 5. The van der Waals surface area contributed by atoms with Gasteiger partial charge in [-0.2, -0.15) is 0 Å². The maximum Gasteiger partial charge on any atom is 0.166 e. The lowest BCUT2D eigenvalue weighted by atomic mass is 10.0. The van der Waals surface area contributed by atoms with E-state index in [0.29, 0.717) is 17.5 Å². The summed E-state index contributed by atoms with van der Waals surface area (Å²) in [5.41, 5.74) is 11.3. The molecule has 0 spiro atoms. The molecule has 0 aliphatic heterocycles. The summed E-state index contributed by atoms with van der Waals surface area (Å²) < 4.78 is 15.2. The van der Waals surface area contributed by atoms with E-state index in [2.05, 4.69) is 126 Å². The molecule has 266 valence electrons. The van der Waals surface area contributed by atoms with Gasteiger partial charge in [-0.05, 0) is 65.7 Å². The molecule has 0 unspecified atom stereocenters. The largest absolute Gasteiger partial charge is 0.456 e. The molecule has 0 atom stereocenters. The first-order chi connectivity index (χ1) is 28.2. The molecule has 6 heteroatoms.